The molecule has 0 saturated carbocycles. The molecular weight excluding hydrogens is 506 g/mol. The highest BCUT2D eigenvalue weighted by Crippen LogP contribution is 2.25. The predicted octanol–water partition coefficient (Wildman–Crippen LogP) is 5.14. The lowest BCUT2D eigenvalue weighted by atomic mass is 9.90. The van der Waals surface area contributed by atoms with Crippen molar-refractivity contribution in [2.45, 2.75) is 10.8 Å². The number of thiocarbonyl (C=S) groups is 1. The van der Waals surface area contributed by atoms with Gasteiger partial charge in [-0.15, -0.1) is 0 Å². The first-order valence-electron chi connectivity index (χ1n) is 11.3. The van der Waals surface area contributed by atoms with Gasteiger partial charge in [0, 0.05) is 11.4 Å². The summed E-state index contributed by atoms with van der Waals surface area (Å²) in [4.78, 5) is 13.3. The first kappa shape index (κ1) is 25.9. The Balaban J connectivity index is 1.42. The Hall–Kier alpha value is -4.21. The summed E-state index contributed by atoms with van der Waals surface area (Å²) in [7, 11) is -2.25. The Morgan fingerprint density at radius 1 is 0.757 bits per heavy atom. The lowest BCUT2D eigenvalue weighted by Crippen LogP contribution is -2.37. The second-order valence-electron chi connectivity index (χ2n) is 8.06. The lowest BCUT2D eigenvalue weighted by Gasteiger charge is -2.18. The number of ether oxygens (including phenoxy) is 1. The van der Waals surface area contributed by atoms with Gasteiger partial charge >= 0.3 is 0 Å². The number of hydrogen-bond donors (Lipinski definition) is 3. The maximum absolute atomic E-state index is 13.2. The Bertz CT molecular complexity index is 1420. The van der Waals surface area contributed by atoms with Crippen molar-refractivity contribution in [3.63, 3.8) is 0 Å². The van der Waals surface area contributed by atoms with Gasteiger partial charge in [0.1, 0.15) is 5.75 Å². The van der Waals surface area contributed by atoms with Gasteiger partial charge < -0.3 is 15.4 Å². The maximum Gasteiger partial charge on any atom is 0.261 e. The highest BCUT2D eigenvalue weighted by Gasteiger charge is 2.23. The van der Waals surface area contributed by atoms with E-state index in [9.17, 15) is 13.2 Å². The SMILES string of the molecule is COc1ccc(NS(=O)(=O)c2ccc(NC(=S)NC(=O)C(c3ccccc3)c3ccccc3)cc2)cc1. The molecule has 0 aliphatic heterocycles. The van der Waals surface area contributed by atoms with Crippen LogP contribution in [0, 0.1) is 0 Å². The van der Waals surface area contributed by atoms with Crippen LogP contribution in [0.5, 0.6) is 5.75 Å². The molecule has 0 atom stereocenters. The van der Waals surface area contributed by atoms with E-state index in [1.165, 1.54) is 19.2 Å². The topological polar surface area (TPSA) is 96.5 Å². The molecular formula is C28H25N3O4S2. The van der Waals surface area contributed by atoms with Crippen molar-refractivity contribution in [1.29, 1.82) is 0 Å². The fourth-order valence-electron chi connectivity index (χ4n) is 3.72. The van der Waals surface area contributed by atoms with Crippen LogP contribution < -0.4 is 20.1 Å². The number of carbonyl (C=O) groups excluding carboxylic acids is 1. The average molecular weight is 532 g/mol. The fraction of sp³-hybridized carbons (Fsp3) is 0.0714. The van der Waals surface area contributed by atoms with Gasteiger partial charge in [0.15, 0.2) is 5.11 Å². The maximum atomic E-state index is 13.2. The van der Waals surface area contributed by atoms with Crippen LogP contribution in [0.2, 0.25) is 0 Å². The molecule has 4 rings (SSSR count). The molecule has 0 aliphatic carbocycles. The first-order valence-corrected chi connectivity index (χ1v) is 13.2. The number of benzene rings is 4. The van der Waals surface area contributed by atoms with E-state index in [1.807, 2.05) is 60.7 Å². The molecule has 7 nitrogen and oxygen atoms in total. The van der Waals surface area contributed by atoms with Gasteiger partial charge in [-0.05, 0) is 71.9 Å². The Labute approximate surface area is 221 Å². The van der Waals surface area contributed by atoms with Crippen molar-refractivity contribution in [1.82, 2.24) is 5.32 Å². The third-order valence-electron chi connectivity index (χ3n) is 5.53. The summed E-state index contributed by atoms with van der Waals surface area (Å²) in [6.07, 6.45) is 0. The average Bonchev–Trinajstić information content (AvgIpc) is 2.90. The monoisotopic (exact) mass is 531 g/mol. The second kappa shape index (κ2) is 11.7. The van der Waals surface area contributed by atoms with Gasteiger partial charge in [0.05, 0.1) is 17.9 Å². The van der Waals surface area contributed by atoms with E-state index in [0.717, 1.165) is 11.1 Å². The third kappa shape index (κ3) is 6.72. The van der Waals surface area contributed by atoms with Gasteiger partial charge in [-0.25, -0.2) is 8.42 Å². The van der Waals surface area contributed by atoms with Crippen molar-refractivity contribution in [2.75, 3.05) is 17.1 Å². The minimum atomic E-state index is -3.79. The Morgan fingerprint density at radius 2 is 1.27 bits per heavy atom. The smallest absolute Gasteiger partial charge is 0.261 e. The van der Waals surface area contributed by atoms with Crippen molar-refractivity contribution < 1.29 is 17.9 Å². The molecule has 0 bridgehead atoms. The minimum absolute atomic E-state index is 0.0806. The first-order chi connectivity index (χ1) is 17.9. The highest BCUT2D eigenvalue weighted by atomic mass is 32.2. The van der Waals surface area contributed by atoms with Gasteiger partial charge in [0.2, 0.25) is 5.91 Å². The van der Waals surface area contributed by atoms with E-state index in [-0.39, 0.29) is 15.9 Å². The summed E-state index contributed by atoms with van der Waals surface area (Å²) in [6, 6.07) is 31.5. The zero-order chi connectivity index (χ0) is 26.3. The number of hydrogen-bond acceptors (Lipinski definition) is 5. The van der Waals surface area contributed by atoms with E-state index in [4.69, 9.17) is 17.0 Å². The molecule has 1 amide bonds. The molecule has 0 unspecified atom stereocenters. The second-order valence-corrected chi connectivity index (χ2v) is 10.1. The molecule has 0 aromatic heterocycles. The number of methoxy groups -OCH3 is 1. The summed E-state index contributed by atoms with van der Waals surface area (Å²) in [5, 5.41) is 5.80. The number of nitrogens with one attached hydrogen (secondary N) is 3. The molecule has 9 heteroatoms. The van der Waals surface area contributed by atoms with E-state index < -0.39 is 15.9 Å². The van der Waals surface area contributed by atoms with Gasteiger partial charge in [-0.3, -0.25) is 9.52 Å². The number of carbonyl (C=O) groups is 1. The van der Waals surface area contributed by atoms with E-state index in [1.54, 1.807) is 36.4 Å². The summed E-state index contributed by atoms with van der Waals surface area (Å²) in [5.74, 6) is -0.197. The normalized spacial score (nSPS) is 11.0. The van der Waals surface area contributed by atoms with Crippen LogP contribution in [0.4, 0.5) is 11.4 Å². The standard InChI is InChI=1S/C28H25N3O4S2/c1-35-24-16-12-23(13-17-24)31-37(33,34)25-18-14-22(15-19-25)29-28(36)30-27(32)26(20-8-4-2-5-9-20)21-10-6-3-7-11-21/h2-19,26,31H,1H3,(H2,29,30,32,36). The minimum Gasteiger partial charge on any atom is -0.497 e. The van der Waals surface area contributed by atoms with E-state index in [0.29, 0.717) is 17.1 Å². The van der Waals surface area contributed by atoms with Crippen LogP contribution in [0.15, 0.2) is 114 Å². The number of rotatable bonds is 8. The molecule has 0 radical (unpaired) electrons. The number of amides is 1. The highest BCUT2D eigenvalue weighted by molar-refractivity contribution is 7.92. The van der Waals surface area contributed by atoms with E-state index in [2.05, 4.69) is 15.4 Å². The molecule has 0 spiro atoms. The zero-order valence-electron chi connectivity index (χ0n) is 19.9. The largest absolute Gasteiger partial charge is 0.497 e. The van der Waals surface area contributed by atoms with Gasteiger partial charge in [0.25, 0.3) is 10.0 Å². The molecule has 0 aliphatic rings. The lowest BCUT2D eigenvalue weighted by molar-refractivity contribution is -0.120. The van der Waals surface area contributed by atoms with Crippen molar-refractivity contribution in [2.24, 2.45) is 0 Å². The molecule has 0 fully saturated rings. The number of anilines is 2. The molecule has 4 aromatic carbocycles. The van der Waals surface area contributed by atoms with Crippen LogP contribution in [0.25, 0.3) is 0 Å². The molecule has 188 valence electrons. The van der Waals surface area contributed by atoms with Gasteiger partial charge in [-0.2, -0.15) is 0 Å². The van der Waals surface area contributed by atoms with Crippen molar-refractivity contribution in [3.05, 3.63) is 120 Å². The molecule has 0 heterocycles. The quantitative estimate of drug-likeness (QED) is 0.273. The Morgan fingerprint density at radius 3 is 1.78 bits per heavy atom. The summed E-state index contributed by atoms with van der Waals surface area (Å²) in [5.41, 5.74) is 2.63. The molecule has 3 N–H and O–H groups in total. The third-order valence-corrected chi connectivity index (χ3v) is 7.13. The Kier molecular flexibility index (Phi) is 8.17. The van der Waals surface area contributed by atoms with Crippen LogP contribution >= 0.6 is 12.2 Å². The summed E-state index contributed by atoms with van der Waals surface area (Å²) in [6.45, 7) is 0. The van der Waals surface area contributed by atoms with Crippen LogP contribution in [-0.2, 0) is 14.8 Å². The van der Waals surface area contributed by atoms with Crippen molar-refractivity contribution in [3.8, 4) is 5.75 Å². The van der Waals surface area contributed by atoms with Crippen LogP contribution in [0.3, 0.4) is 0 Å². The van der Waals surface area contributed by atoms with Crippen LogP contribution in [0.1, 0.15) is 17.0 Å². The predicted molar refractivity (Wildman–Crippen MR) is 149 cm³/mol. The summed E-state index contributed by atoms with van der Waals surface area (Å²) < 4.78 is 33.1. The zero-order valence-corrected chi connectivity index (χ0v) is 21.6. The van der Waals surface area contributed by atoms with Crippen molar-refractivity contribution >= 4 is 44.6 Å². The fourth-order valence-corrected chi connectivity index (χ4v) is 5.00. The number of sulfonamides is 1. The molecule has 37 heavy (non-hydrogen) atoms. The van der Waals surface area contributed by atoms with Gasteiger partial charge in [-0.1, -0.05) is 60.7 Å². The molecule has 0 saturated heterocycles. The summed E-state index contributed by atoms with van der Waals surface area (Å²) >= 11 is 5.36. The van der Waals surface area contributed by atoms with Crippen LogP contribution in [-0.4, -0.2) is 26.5 Å². The van der Waals surface area contributed by atoms with E-state index >= 15 is 0 Å². The molecule has 4 aromatic rings.